The van der Waals surface area contributed by atoms with Crippen LogP contribution < -0.4 is 0 Å². The van der Waals surface area contributed by atoms with Gasteiger partial charge >= 0.3 is 5.97 Å². The Balaban J connectivity index is 2.39. The zero-order valence-corrected chi connectivity index (χ0v) is 12.2. The number of amides is 1. The lowest BCUT2D eigenvalue weighted by atomic mass is 10.1. The normalized spacial score (nSPS) is 21.5. The number of nitrogens with zero attached hydrogens (tertiary/aromatic N) is 2. The summed E-state index contributed by atoms with van der Waals surface area (Å²) in [6.45, 7) is 4.35. The number of hydrogen-bond donors (Lipinski definition) is 1. The van der Waals surface area contributed by atoms with Crippen molar-refractivity contribution in [2.24, 2.45) is 0 Å². The van der Waals surface area contributed by atoms with Gasteiger partial charge in [-0.1, -0.05) is 0 Å². The first-order valence-corrected chi connectivity index (χ1v) is 6.75. The molecule has 2 rings (SSSR count). The molecule has 0 aliphatic carbocycles. The Kier molecular flexibility index (Phi) is 4.41. The molecule has 118 valence electrons. The predicted octanol–water partition coefficient (Wildman–Crippen LogP) is 1.54. The maximum atomic E-state index is 12.6. The fourth-order valence-electron chi connectivity index (χ4n) is 2.32. The Hall–Kier alpha value is -2.48. The van der Waals surface area contributed by atoms with E-state index in [1.54, 1.807) is 11.8 Å². The van der Waals surface area contributed by atoms with Gasteiger partial charge in [-0.2, -0.15) is 0 Å². The van der Waals surface area contributed by atoms with Gasteiger partial charge in [0.05, 0.1) is 29.2 Å². The third kappa shape index (κ3) is 3.22. The minimum Gasteiger partial charge on any atom is -0.478 e. The number of carboxylic acid groups (broad SMARTS) is 1. The first-order chi connectivity index (χ1) is 10.3. The topological polar surface area (TPSA) is 110 Å². The zero-order chi connectivity index (χ0) is 16.4. The quantitative estimate of drug-likeness (QED) is 0.670. The summed E-state index contributed by atoms with van der Waals surface area (Å²) in [7, 11) is 0. The molecule has 1 heterocycles. The van der Waals surface area contributed by atoms with E-state index in [4.69, 9.17) is 9.84 Å². The van der Waals surface area contributed by atoms with E-state index < -0.39 is 22.5 Å². The highest BCUT2D eigenvalue weighted by Gasteiger charge is 2.29. The summed E-state index contributed by atoms with van der Waals surface area (Å²) >= 11 is 0. The van der Waals surface area contributed by atoms with Gasteiger partial charge in [0, 0.05) is 24.2 Å². The lowest BCUT2D eigenvalue weighted by Gasteiger charge is -2.36. The van der Waals surface area contributed by atoms with Gasteiger partial charge in [0.1, 0.15) is 0 Å². The molecule has 1 saturated heterocycles. The molecule has 1 aromatic rings. The number of non-ortho nitro benzene ring substituents is 1. The summed E-state index contributed by atoms with van der Waals surface area (Å²) in [4.78, 5) is 35.4. The molecule has 0 radical (unpaired) electrons. The minimum absolute atomic E-state index is 0.00690. The monoisotopic (exact) mass is 308 g/mol. The molecule has 8 nitrogen and oxygen atoms in total. The molecule has 2 unspecified atom stereocenters. The molecule has 8 heteroatoms. The molecule has 22 heavy (non-hydrogen) atoms. The molecule has 1 aliphatic rings. The van der Waals surface area contributed by atoms with Crippen molar-refractivity contribution in [3.05, 3.63) is 39.4 Å². The number of benzene rings is 1. The lowest BCUT2D eigenvalue weighted by Crippen LogP contribution is -2.50. The number of aromatic carboxylic acids is 1. The van der Waals surface area contributed by atoms with E-state index >= 15 is 0 Å². The number of carboxylic acids is 1. The highest BCUT2D eigenvalue weighted by Crippen LogP contribution is 2.21. The highest BCUT2D eigenvalue weighted by atomic mass is 16.6. The van der Waals surface area contributed by atoms with Crippen molar-refractivity contribution in [3.8, 4) is 0 Å². The Morgan fingerprint density at radius 2 is 1.95 bits per heavy atom. The fraction of sp³-hybridized carbons (Fsp3) is 0.429. The summed E-state index contributed by atoms with van der Waals surface area (Å²) in [6.07, 6.45) is -0.141. The Labute approximate surface area is 126 Å². The first-order valence-electron chi connectivity index (χ1n) is 6.75. The summed E-state index contributed by atoms with van der Waals surface area (Å²) in [6, 6.07) is 3.01. The third-order valence-corrected chi connectivity index (χ3v) is 3.49. The molecule has 0 saturated carbocycles. The van der Waals surface area contributed by atoms with Crippen LogP contribution in [0.25, 0.3) is 0 Å². The molecular weight excluding hydrogens is 292 g/mol. The van der Waals surface area contributed by atoms with E-state index in [1.165, 1.54) is 0 Å². The number of hydrogen-bond acceptors (Lipinski definition) is 5. The SMILES string of the molecule is CC1CN(C(=O)c2cc(C(=O)O)cc([N+](=O)[O-])c2)C(C)CO1. The highest BCUT2D eigenvalue weighted by molar-refractivity contribution is 5.98. The van der Waals surface area contributed by atoms with E-state index in [0.29, 0.717) is 13.2 Å². The van der Waals surface area contributed by atoms with Crippen molar-refractivity contribution in [1.29, 1.82) is 0 Å². The van der Waals surface area contributed by atoms with E-state index in [0.717, 1.165) is 18.2 Å². The second-order valence-corrected chi connectivity index (χ2v) is 5.28. The van der Waals surface area contributed by atoms with Crippen LogP contribution in [0.15, 0.2) is 18.2 Å². The van der Waals surface area contributed by atoms with Gasteiger partial charge in [-0.15, -0.1) is 0 Å². The van der Waals surface area contributed by atoms with Crippen molar-refractivity contribution >= 4 is 17.6 Å². The van der Waals surface area contributed by atoms with Crippen molar-refractivity contribution < 1.29 is 24.4 Å². The Morgan fingerprint density at radius 3 is 2.55 bits per heavy atom. The number of nitro groups is 1. The van der Waals surface area contributed by atoms with Crippen molar-refractivity contribution in [3.63, 3.8) is 0 Å². The van der Waals surface area contributed by atoms with Gasteiger partial charge in [0.25, 0.3) is 11.6 Å². The van der Waals surface area contributed by atoms with Crippen LogP contribution in [0.1, 0.15) is 34.6 Å². The molecule has 1 aromatic carbocycles. The Morgan fingerprint density at radius 1 is 1.32 bits per heavy atom. The Bertz CT molecular complexity index is 598. The smallest absolute Gasteiger partial charge is 0.335 e. The number of morpholine rings is 1. The van der Waals surface area contributed by atoms with Crippen molar-refractivity contribution in [2.45, 2.75) is 26.0 Å². The maximum Gasteiger partial charge on any atom is 0.335 e. The number of ether oxygens (including phenoxy) is 1. The average molecular weight is 308 g/mol. The van der Waals surface area contributed by atoms with Crippen LogP contribution in [-0.2, 0) is 4.74 Å². The minimum atomic E-state index is -1.32. The van der Waals surface area contributed by atoms with Crippen LogP contribution in [-0.4, -0.2) is 52.1 Å². The molecule has 1 aliphatic heterocycles. The van der Waals surface area contributed by atoms with E-state index in [1.807, 2.05) is 6.92 Å². The van der Waals surface area contributed by atoms with Crippen LogP contribution in [0, 0.1) is 10.1 Å². The summed E-state index contributed by atoms with van der Waals surface area (Å²) < 4.78 is 5.43. The maximum absolute atomic E-state index is 12.6. The molecular formula is C14H16N2O6. The molecule has 1 N–H and O–H groups in total. The van der Waals surface area contributed by atoms with E-state index in [2.05, 4.69) is 0 Å². The number of carbonyl (C=O) groups is 2. The van der Waals surface area contributed by atoms with Crippen LogP contribution in [0.3, 0.4) is 0 Å². The summed E-state index contributed by atoms with van der Waals surface area (Å²) in [5.74, 6) is -1.75. The molecule has 1 amide bonds. The van der Waals surface area contributed by atoms with Gasteiger partial charge < -0.3 is 14.7 Å². The van der Waals surface area contributed by atoms with Crippen LogP contribution in [0.4, 0.5) is 5.69 Å². The summed E-state index contributed by atoms with van der Waals surface area (Å²) in [5, 5.41) is 19.9. The van der Waals surface area contributed by atoms with Crippen LogP contribution >= 0.6 is 0 Å². The second kappa shape index (κ2) is 6.10. The van der Waals surface area contributed by atoms with Crippen molar-refractivity contribution in [2.75, 3.05) is 13.2 Å². The largest absolute Gasteiger partial charge is 0.478 e. The molecule has 0 bridgehead atoms. The average Bonchev–Trinajstić information content (AvgIpc) is 2.48. The third-order valence-electron chi connectivity index (χ3n) is 3.49. The van der Waals surface area contributed by atoms with Gasteiger partial charge in [0.2, 0.25) is 0 Å². The van der Waals surface area contributed by atoms with Crippen LogP contribution in [0.5, 0.6) is 0 Å². The van der Waals surface area contributed by atoms with Gasteiger partial charge in [0.15, 0.2) is 0 Å². The first kappa shape index (κ1) is 15.9. The van der Waals surface area contributed by atoms with Crippen LogP contribution in [0.2, 0.25) is 0 Å². The zero-order valence-electron chi connectivity index (χ0n) is 12.2. The number of rotatable bonds is 3. The number of nitro benzene ring substituents is 1. The van der Waals surface area contributed by atoms with Gasteiger partial charge in [-0.25, -0.2) is 4.79 Å². The fourth-order valence-corrected chi connectivity index (χ4v) is 2.32. The summed E-state index contributed by atoms with van der Waals surface area (Å²) in [5.41, 5.74) is -0.712. The van der Waals surface area contributed by atoms with E-state index in [9.17, 15) is 19.7 Å². The molecule has 0 aromatic heterocycles. The standard InChI is InChI=1S/C14H16N2O6/c1-8-7-22-9(2)6-15(8)13(17)10-3-11(14(18)19)5-12(4-10)16(20)21/h3-5,8-9H,6-7H2,1-2H3,(H,18,19). The predicted molar refractivity (Wildman–Crippen MR) is 76.0 cm³/mol. The molecule has 0 spiro atoms. The number of carbonyl (C=O) groups excluding carboxylic acids is 1. The van der Waals surface area contributed by atoms with Crippen molar-refractivity contribution in [1.82, 2.24) is 4.90 Å². The second-order valence-electron chi connectivity index (χ2n) is 5.28. The molecule has 2 atom stereocenters. The van der Waals surface area contributed by atoms with Gasteiger partial charge in [-0.3, -0.25) is 14.9 Å². The molecule has 1 fully saturated rings. The lowest BCUT2D eigenvalue weighted by molar-refractivity contribution is -0.384. The van der Waals surface area contributed by atoms with E-state index in [-0.39, 0.29) is 23.3 Å². The van der Waals surface area contributed by atoms with Gasteiger partial charge in [-0.05, 0) is 19.9 Å².